The summed E-state index contributed by atoms with van der Waals surface area (Å²) in [5, 5.41) is 2.82. The fraction of sp³-hybridized carbons (Fsp3) is 0.375. The third-order valence-corrected chi connectivity index (χ3v) is 3.78. The summed E-state index contributed by atoms with van der Waals surface area (Å²) in [4.78, 5) is 24.2. The number of anilines is 1. The Bertz CT molecular complexity index is 606. The molecule has 106 valence electrons. The number of nitrogens with one attached hydrogen (secondary N) is 1. The Kier molecular flexibility index (Phi) is 3.42. The van der Waals surface area contributed by atoms with Crippen molar-refractivity contribution in [3.63, 3.8) is 0 Å². The minimum absolute atomic E-state index is 0.109. The molecule has 1 aliphatic heterocycles. The van der Waals surface area contributed by atoms with E-state index < -0.39 is 17.5 Å². The van der Waals surface area contributed by atoms with Gasteiger partial charge in [-0.15, -0.1) is 0 Å². The predicted octanol–water partition coefficient (Wildman–Crippen LogP) is 2.89. The highest BCUT2D eigenvalue weighted by Crippen LogP contribution is 2.32. The molecule has 1 N–H and O–H groups in total. The van der Waals surface area contributed by atoms with Crippen molar-refractivity contribution in [2.45, 2.75) is 40.2 Å². The van der Waals surface area contributed by atoms with Gasteiger partial charge in [-0.1, -0.05) is 18.2 Å². The molecule has 4 heteroatoms. The lowest BCUT2D eigenvalue weighted by molar-refractivity contribution is -0.145. The fourth-order valence-electron chi connectivity index (χ4n) is 2.26. The normalized spacial score (nSPS) is 17.1. The highest BCUT2D eigenvalue weighted by molar-refractivity contribution is 6.23. The van der Waals surface area contributed by atoms with Crippen LogP contribution < -0.4 is 5.32 Å². The topological polar surface area (TPSA) is 55.4 Å². The van der Waals surface area contributed by atoms with E-state index in [1.807, 2.05) is 32.0 Å². The van der Waals surface area contributed by atoms with Gasteiger partial charge in [0, 0.05) is 5.69 Å². The first kappa shape index (κ1) is 14.3. The summed E-state index contributed by atoms with van der Waals surface area (Å²) in [6.45, 7) is 9.14. The number of amides is 1. The minimum Gasteiger partial charge on any atom is -0.451 e. The zero-order valence-electron chi connectivity index (χ0n) is 12.5. The number of rotatable bonds is 2. The van der Waals surface area contributed by atoms with Crippen LogP contribution in [0, 0.1) is 13.8 Å². The average Bonchev–Trinajstić information content (AvgIpc) is 2.53. The van der Waals surface area contributed by atoms with Crippen LogP contribution in [0.2, 0.25) is 0 Å². The van der Waals surface area contributed by atoms with E-state index in [0.29, 0.717) is 5.57 Å². The van der Waals surface area contributed by atoms with Gasteiger partial charge in [-0.05, 0) is 51.3 Å². The Balaban J connectivity index is 2.35. The Morgan fingerprint density at radius 1 is 1.15 bits per heavy atom. The molecule has 1 aliphatic rings. The largest absolute Gasteiger partial charge is 0.451 e. The van der Waals surface area contributed by atoms with Gasteiger partial charge >= 0.3 is 5.97 Å². The van der Waals surface area contributed by atoms with Gasteiger partial charge in [-0.25, -0.2) is 4.79 Å². The molecule has 0 bridgehead atoms. The molecule has 1 amide bonds. The number of para-hydroxylation sites is 1. The van der Waals surface area contributed by atoms with Gasteiger partial charge in [-0.3, -0.25) is 4.79 Å². The van der Waals surface area contributed by atoms with Crippen molar-refractivity contribution in [3.05, 3.63) is 40.5 Å². The summed E-state index contributed by atoms with van der Waals surface area (Å²) in [6, 6.07) is 5.76. The predicted molar refractivity (Wildman–Crippen MR) is 77.4 cm³/mol. The molecule has 0 unspecified atom stereocenters. The summed E-state index contributed by atoms with van der Waals surface area (Å²) >= 11 is 0. The zero-order chi connectivity index (χ0) is 15.1. The molecule has 0 saturated heterocycles. The van der Waals surface area contributed by atoms with E-state index in [0.717, 1.165) is 16.8 Å². The molecule has 0 saturated carbocycles. The molecule has 1 aromatic rings. The lowest BCUT2D eigenvalue weighted by Gasteiger charge is -2.18. The van der Waals surface area contributed by atoms with Crippen LogP contribution >= 0.6 is 0 Å². The molecule has 4 nitrogen and oxygen atoms in total. The van der Waals surface area contributed by atoms with Crippen LogP contribution in [0.15, 0.2) is 29.3 Å². The molecule has 0 spiro atoms. The number of cyclic esters (lactones) is 1. The standard InChI is InChI=1S/C16H19NO3/c1-9-7-6-8-10(2)13(9)17-14(18)12-11(3)16(4,5)20-15(12)19/h6-8H,1-5H3,(H,17,18). The van der Waals surface area contributed by atoms with Gasteiger partial charge in [0.25, 0.3) is 5.91 Å². The van der Waals surface area contributed by atoms with Gasteiger partial charge in [0.05, 0.1) is 0 Å². The molecule has 2 rings (SSSR count). The van der Waals surface area contributed by atoms with Crippen LogP contribution in [0.4, 0.5) is 5.69 Å². The average molecular weight is 273 g/mol. The second-order valence-electron chi connectivity index (χ2n) is 5.62. The van der Waals surface area contributed by atoms with Crippen molar-refractivity contribution in [3.8, 4) is 0 Å². The summed E-state index contributed by atoms with van der Waals surface area (Å²) in [5.74, 6) is -0.966. The maximum Gasteiger partial charge on any atom is 0.344 e. The Morgan fingerprint density at radius 3 is 2.15 bits per heavy atom. The molecule has 0 fully saturated rings. The van der Waals surface area contributed by atoms with Gasteiger partial charge in [0.1, 0.15) is 11.2 Å². The summed E-state index contributed by atoms with van der Waals surface area (Å²) in [7, 11) is 0. The maximum absolute atomic E-state index is 12.4. The van der Waals surface area contributed by atoms with E-state index in [9.17, 15) is 9.59 Å². The van der Waals surface area contributed by atoms with Crippen LogP contribution in [0.5, 0.6) is 0 Å². The van der Waals surface area contributed by atoms with Crippen molar-refractivity contribution in [2.24, 2.45) is 0 Å². The van der Waals surface area contributed by atoms with Crippen LogP contribution in [0.1, 0.15) is 31.9 Å². The zero-order valence-corrected chi connectivity index (χ0v) is 12.5. The number of esters is 1. The molecular formula is C16H19NO3. The van der Waals surface area contributed by atoms with Crippen LogP contribution in [0.25, 0.3) is 0 Å². The summed E-state index contributed by atoms with van der Waals surface area (Å²) in [6.07, 6.45) is 0. The maximum atomic E-state index is 12.4. The highest BCUT2D eigenvalue weighted by atomic mass is 16.6. The summed E-state index contributed by atoms with van der Waals surface area (Å²) in [5.41, 5.74) is 2.72. The number of hydrogen-bond acceptors (Lipinski definition) is 3. The molecule has 0 radical (unpaired) electrons. The van der Waals surface area contributed by atoms with Crippen molar-refractivity contribution in [1.82, 2.24) is 0 Å². The van der Waals surface area contributed by atoms with E-state index >= 15 is 0 Å². The molecule has 1 aromatic carbocycles. The monoisotopic (exact) mass is 273 g/mol. The first-order chi connectivity index (χ1) is 9.24. The van der Waals surface area contributed by atoms with Crippen LogP contribution in [-0.2, 0) is 14.3 Å². The van der Waals surface area contributed by atoms with Gasteiger partial charge < -0.3 is 10.1 Å². The van der Waals surface area contributed by atoms with Crippen molar-refractivity contribution < 1.29 is 14.3 Å². The number of aryl methyl sites for hydroxylation is 2. The molecule has 20 heavy (non-hydrogen) atoms. The summed E-state index contributed by atoms with van der Waals surface area (Å²) < 4.78 is 5.22. The van der Waals surface area contributed by atoms with Gasteiger partial charge in [0.2, 0.25) is 0 Å². The SMILES string of the molecule is CC1=C(C(=O)Nc2c(C)cccc2C)C(=O)OC1(C)C. The number of carbonyl (C=O) groups is 2. The van der Waals surface area contributed by atoms with E-state index in [1.165, 1.54) is 0 Å². The number of ether oxygens (including phenoxy) is 1. The quantitative estimate of drug-likeness (QED) is 0.666. The molecule has 1 heterocycles. The van der Waals surface area contributed by atoms with Gasteiger partial charge in [-0.2, -0.15) is 0 Å². The molecular weight excluding hydrogens is 254 g/mol. The first-order valence-corrected chi connectivity index (χ1v) is 6.56. The number of benzene rings is 1. The molecule has 0 aromatic heterocycles. The van der Waals surface area contributed by atoms with Crippen LogP contribution in [-0.4, -0.2) is 17.5 Å². The van der Waals surface area contributed by atoms with E-state index in [-0.39, 0.29) is 5.57 Å². The Labute approximate surface area is 118 Å². The number of carbonyl (C=O) groups excluding carboxylic acids is 2. The second kappa shape index (κ2) is 4.78. The highest BCUT2D eigenvalue weighted by Gasteiger charge is 2.41. The smallest absolute Gasteiger partial charge is 0.344 e. The van der Waals surface area contributed by atoms with E-state index in [4.69, 9.17) is 4.74 Å². The molecule has 0 aliphatic carbocycles. The van der Waals surface area contributed by atoms with Crippen molar-refractivity contribution in [1.29, 1.82) is 0 Å². The Morgan fingerprint density at radius 2 is 1.70 bits per heavy atom. The van der Waals surface area contributed by atoms with Crippen molar-refractivity contribution >= 4 is 17.6 Å². The Hall–Kier alpha value is -2.10. The fourth-order valence-corrected chi connectivity index (χ4v) is 2.26. The third kappa shape index (κ3) is 2.33. The molecule has 0 atom stereocenters. The second-order valence-corrected chi connectivity index (χ2v) is 5.62. The van der Waals surface area contributed by atoms with E-state index in [2.05, 4.69) is 5.32 Å². The van der Waals surface area contributed by atoms with E-state index in [1.54, 1.807) is 20.8 Å². The van der Waals surface area contributed by atoms with Gasteiger partial charge in [0.15, 0.2) is 0 Å². The minimum atomic E-state index is -0.718. The van der Waals surface area contributed by atoms with Crippen LogP contribution in [0.3, 0.4) is 0 Å². The lowest BCUT2D eigenvalue weighted by atomic mass is 9.97. The first-order valence-electron chi connectivity index (χ1n) is 6.56. The number of hydrogen-bond donors (Lipinski definition) is 1. The third-order valence-electron chi connectivity index (χ3n) is 3.78. The lowest BCUT2D eigenvalue weighted by Crippen LogP contribution is -2.21. The van der Waals surface area contributed by atoms with Crippen molar-refractivity contribution in [2.75, 3.05) is 5.32 Å².